The minimum atomic E-state index is -0.494. The van der Waals surface area contributed by atoms with Crippen molar-refractivity contribution < 1.29 is 14.3 Å². The van der Waals surface area contributed by atoms with Gasteiger partial charge >= 0.3 is 6.09 Å². The van der Waals surface area contributed by atoms with Gasteiger partial charge < -0.3 is 25.6 Å². The Balaban J connectivity index is 1.59. The molecule has 0 spiro atoms. The Morgan fingerprint density at radius 1 is 1.00 bits per heavy atom. The maximum atomic E-state index is 12.5. The Morgan fingerprint density at radius 3 is 2.38 bits per heavy atom. The molecule has 32 heavy (non-hydrogen) atoms. The Labute approximate surface area is 189 Å². The second kappa shape index (κ2) is 10.3. The molecule has 3 rings (SSSR count). The molecule has 8 nitrogen and oxygen atoms in total. The van der Waals surface area contributed by atoms with Gasteiger partial charge in [0.2, 0.25) is 0 Å². The van der Waals surface area contributed by atoms with Gasteiger partial charge in [-0.1, -0.05) is 12.1 Å². The summed E-state index contributed by atoms with van der Waals surface area (Å²) in [6, 6.07) is 10.8. The smallest absolute Gasteiger partial charge is 0.410 e. The topological polar surface area (TPSA) is 101 Å². The number of hydrogen-bond acceptors (Lipinski definition) is 6. The van der Waals surface area contributed by atoms with E-state index in [1.165, 1.54) is 0 Å². The lowest BCUT2D eigenvalue weighted by atomic mass is 10.2. The van der Waals surface area contributed by atoms with Gasteiger partial charge in [0.1, 0.15) is 11.4 Å². The number of nitrogens with zero attached hydrogens (tertiary/aromatic N) is 3. The number of carbonyl (C=O) groups is 2. The monoisotopic (exact) mass is 439 g/mol. The van der Waals surface area contributed by atoms with Crippen LogP contribution in [0.2, 0.25) is 0 Å². The maximum Gasteiger partial charge on any atom is 0.410 e. The van der Waals surface area contributed by atoms with Crippen LogP contribution in [0.5, 0.6) is 0 Å². The van der Waals surface area contributed by atoms with Crippen LogP contribution in [-0.4, -0.2) is 53.7 Å². The zero-order valence-corrected chi connectivity index (χ0v) is 19.1. The summed E-state index contributed by atoms with van der Waals surface area (Å²) >= 11 is 0. The highest BCUT2D eigenvalue weighted by Gasteiger charge is 2.23. The summed E-state index contributed by atoms with van der Waals surface area (Å²) < 4.78 is 5.53. The van der Waals surface area contributed by atoms with Crippen LogP contribution in [0.4, 0.5) is 22.0 Å². The summed E-state index contributed by atoms with van der Waals surface area (Å²) in [5.74, 6) is 0.575. The van der Waals surface area contributed by atoms with E-state index < -0.39 is 5.60 Å². The van der Waals surface area contributed by atoms with Crippen LogP contribution in [-0.2, 0) is 4.74 Å². The molecular formula is C24H33N5O3. The lowest BCUT2D eigenvalue weighted by Crippen LogP contribution is -2.38. The molecule has 172 valence electrons. The molecule has 1 saturated heterocycles. The predicted octanol–water partition coefficient (Wildman–Crippen LogP) is 4.14. The van der Waals surface area contributed by atoms with Gasteiger partial charge in [-0.15, -0.1) is 0 Å². The van der Waals surface area contributed by atoms with Crippen LogP contribution < -0.4 is 16.0 Å². The number of nitrogens with one attached hydrogen (secondary N) is 1. The zero-order valence-electron chi connectivity index (χ0n) is 19.1. The molecule has 0 saturated carbocycles. The minimum absolute atomic E-state index is 0.251. The molecule has 0 radical (unpaired) electrons. The molecule has 1 aliphatic rings. The Hall–Kier alpha value is -3.29. The number of benzene rings is 1. The Kier molecular flexibility index (Phi) is 7.56. The molecule has 0 atom stereocenters. The molecule has 0 bridgehead atoms. The van der Waals surface area contributed by atoms with Crippen molar-refractivity contribution in [2.75, 3.05) is 42.1 Å². The minimum Gasteiger partial charge on any atom is -0.444 e. The Morgan fingerprint density at radius 2 is 1.69 bits per heavy atom. The number of para-hydroxylation sites is 2. The summed E-state index contributed by atoms with van der Waals surface area (Å²) in [7, 11) is 0. The number of aromatic nitrogens is 1. The van der Waals surface area contributed by atoms with Crippen LogP contribution in [0.25, 0.3) is 0 Å². The lowest BCUT2D eigenvalue weighted by molar-refractivity contribution is 0.0248. The van der Waals surface area contributed by atoms with Crippen LogP contribution in [0.3, 0.4) is 0 Å². The zero-order chi connectivity index (χ0) is 23.1. The third-order valence-corrected chi connectivity index (χ3v) is 5.16. The van der Waals surface area contributed by atoms with Gasteiger partial charge in [0, 0.05) is 32.4 Å². The molecule has 2 amide bonds. The van der Waals surface area contributed by atoms with Crippen LogP contribution in [0.15, 0.2) is 42.6 Å². The second-order valence-electron chi connectivity index (χ2n) is 8.96. The van der Waals surface area contributed by atoms with Crippen molar-refractivity contribution in [2.45, 2.75) is 45.6 Å². The molecule has 1 aliphatic heterocycles. The number of nitrogens with two attached hydrogens (primary N) is 1. The van der Waals surface area contributed by atoms with Crippen LogP contribution >= 0.6 is 0 Å². The number of nitrogen functional groups attached to an aromatic ring is 1. The van der Waals surface area contributed by atoms with Crippen molar-refractivity contribution in [1.29, 1.82) is 0 Å². The standard InChI is InChI=1S/C24H33N5O3/c1-24(2,3)32-23(31)29-14-7-6-13-28(15-8-16-29)21-12-11-18(17-26-21)22(30)27-20-10-5-4-9-19(20)25/h4-5,9-12,17H,6-8,13-16,25H2,1-3H3,(H,27,30). The number of pyridine rings is 1. The van der Waals surface area contributed by atoms with Crippen LogP contribution in [0, 0.1) is 0 Å². The molecular weight excluding hydrogens is 406 g/mol. The molecule has 2 aromatic rings. The van der Waals surface area contributed by atoms with E-state index in [-0.39, 0.29) is 12.0 Å². The van der Waals surface area contributed by atoms with Gasteiger partial charge in [-0.05, 0) is 64.3 Å². The molecule has 0 aliphatic carbocycles. The van der Waals surface area contributed by atoms with E-state index in [9.17, 15) is 9.59 Å². The van der Waals surface area contributed by atoms with Gasteiger partial charge in [-0.3, -0.25) is 4.79 Å². The SMILES string of the molecule is CC(C)(C)OC(=O)N1CCCCN(c2ccc(C(=O)Nc3ccccc3N)cn2)CCC1. The molecule has 1 fully saturated rings. The summed E-state index contributed by atoms with van der Waals surface area (Å²) in [5.41, 5.74) is 6.97. The van der Waals surface area contributed by atoms with E-state index in [0.29, 0.717) is 30.0 Å². The van der Waals surface area contributed by atoms with Crippen molar-refractivity contribution >= 4 is 29.2 Å². The quantitative estimate of drug-likeness (QED) is 0.697. The van der Waals surface area contributed by atoms with E-state index >= 15 is 0 Å². The Bertz CT molecular complexity index is 924. The molecule has 1 aromatic carbocycles. The first-order chi connectivity index (χ1) is 15.2. The van der Waals surface area contributed by atoms with E-state index in [1.807, 2.05) is 39.0 Å². The summed E-state index contributed by atoms with van der Waals surface area (Å²) in [6.07, 6.45) is 3.99. The number of rotatable bonds is 3. The highest BCUT2D eigenvalue weighted by molar-refractivity contribution is 6.05. The molecule has 8 heteroatoms. The van der Waals surface area contributed by atoms with Crippen LogP contribution in [0.1, 0.15) is 50.4 Å². The highest BCUT2D eigenvalue weighted by Crippen LogP contribution is 2.20. The first kappa shape index (κ1) is 23.4. The average Bonchev–Trinajstić information content (AvgIpc) is 2.86. The molecule has 3 N–H and O–H groups in total. The summed E-state index contributed by atoms with van der Waals surface area (Å²) in [4.78, 5) is 33.5. The van der Waals surface area contributed by atoms with E-state index in [0.717, 1.165) is 38.2 Å². The second-order valence-corrected chi connectivity index (χ2v) is 8.96. The fraction of sp³-hybridized carbons (Fsp3) is 0.458. The highest BCUT2D eigenvalue weighted by atomic mass is 16.6. The predicted molar refractivity (Wildman–Crippen MR) is 127 cm³/mol. The number of hydrogen-bond donors (Lipinski definition) is 2. The van der Waals surface area contributed by atoms with Gasteiger partial charge in [-0.25, -0.2) is 9.78 Å². The van der Waals surface area contributed by atoms with Gasteiger partial charge in [0.25, 0.3) is 5.91 Å². The third-order valence-electron chi connectivity index (χ3n) is 5.16. The largest absolute Gasteiger partial charge is 0.444 e. The van der Waals surface area contributed by atoms with E-state index in [2.05, 4.69) is 15.2 Å². The molecule has 2 heterocycles. The summed E-state index contributed by atoms with van der Waals surface area (Å²) in [5, 5.41) is 2.82. The third kappa shape index (κ3) is 6.60. The fourth-order valence-electron chi connectivity index (χ4n) is 3.53. The first-order valence-corrected chi connectivity index (χ1v) is 11.1. The molecule has 1 aromatic heterocycles. The van der Waals surface area contributed by atoms with E-state index in [4.69, 9.17) is 10.5 Å². The first-order valence-electron chi connectivity index (χ1n) is 11.1. The van der Waals surface area contributed by atoms with Crippen molar-refractivity contribution in [3.63, 3.8) is 0 Å². The molecule has 0 unspecified atom stereocenters. The fourth-order valence-corrected chi connectivity index (χ4v) is 3.53. The number of carbonyl (C=O) groups excluding carboxylic acids is 2. The van der Waals surface area contributed by atoms with Gasteiger partial charge in [0.15, 0.2) is 0 Å². The van der Waals surface area contributed by atoms with Crippen molar-refractivity contribution in [2.24, 2.45) is 0 Å². The number of amides is 2. The maximum absolute atomic E-state index is 12.5. The lowest BCUT2D eigenvalue weighted by Gasteiger charge is -2.27. The van der Waals surface area contributed by atoms with Crippen molar-refractivity contribution in [1.82, 2.24) is 9.88 Å². The average molecular weight is 440 g/mol. The van der Waals surface area contributed by atoms with Gasteiger partial charge in [0.05, 0.1) is 16.9 Å². The normalized spacial score (nSPS) is 15.3. The van der Waals surface area contributed by atoms with Crippen molar-refractivity contribution in [3.05, 3.63) is 48.2 Å². The van der Waals surface area contributed by atoms with Gasteiger partial charge in [-0.2, -0.15) is 0 Å². The van der Waals surface area contributed by atoms with Crippen molar-refractivity contribution in [3.8, 4) is 0 Å². The van der Waals surface area contributed by atoms with E-state index in [1.54, 1.807) is 29.3 Å². The number of ether oxygens (including phenoxy) is 1. The summed E-state index contributed by atoms with van der Waals surface area (Å²) in [6.45, 7) is 8.61. The number of anilines is 3.